The van der Waals surface area contributed by atoms with Crippen LogP contribution in [0, 0.1) is 5.41 Å². The molecule has 21 heavy (non-hydrogen) atoms. The molecule has 5 heteroatoms. The number of rotatable bonds is 6. The highest BCUT2D eigenvalue weighted by Crippen LogP contribution is 2.34. The summed E-state index contributed by atoms with van der Waals surface area (Å²) in [5.74, 6) is -0.206. The van der Waals surface area contributed by atoms with Crippen molar-refractivity contribution in [2.24, 2.45) is 5.41 Å². The second kappa shape index (κ2) is 6.98. The lowest BCUT2D eigenvalue weighted by Crippen LogP contribution is -2.24. The number of ether oxygens (including phenoxy) is 1. The minimum absolute atomic E-state index is 0.0280. The van der Waals surface area contributed by atoms with Gasteiger partial charge in [0.05, 0.1) is 6.42 Å². The highest BCUT2D eigenvalue weighted by atomic mass is 16.5. The first-order valence-corrected chi connectivity index (χ1v) is 7.37. The van der Waals surface area contributed by atoms with Crippen molar-refractivity contribution in [3.8, 4) is 0 Å². The molecule has 0 saturated heterocycles. The Hall–Kier alpha value is -1.49. The summed E-state index contributed by atoms with van der Waals surface area (Å²) in [5.41, 5.74) is 2.25. The third-order valence-electron chi connectivity index (χ3n) is 3.45. The molecule has 0 spiro atoms. The Labute approximate surface area is 126 Å². The molecule has 0 amide bonds. The Kier molecular flexibility index (Phi) is 5.84. The summed E-state index contributed by atoms with van der Waals surface area (Å²) in [6.07, 6.45) is 1.13. The first-order valence-electron chi connectivity index (χ1n) is 7.37. The number of aromatic nitrogens is 2. The fourth-order valence-corrected chi connectivity index (χ4v) is 2.51. The van der Waals surface area contributed by atoms with E-state index in [1.165, 1.54) is 0 Å². The van der Waals surface area contributed by atoms with E-state index in [0.29, 0.717) is 18.7 Å². The molecule has 0 radical (unpaired) electrons. The van der Waals surface area contributed by atoms with Crippen molar-refractivity contribution >= 4 is 5.97 Å². The van der Waals surface area contributed by atoms with Gasteiger partial charge in [0.2, 0.25) is 0 Å². The van der Waals surface area contributed by atoms with Gasteiger partial charge in [-0.15, -0.1) is 0 Å². The molecule has 0 aliphatic heterocycles. The van der Waals surface area contributed by atoms with Crippen LogP contribution in [0.5, 0.6) is 0 Å². The van der Waals surface area contributed by atoms with Gasteiger partial charge in [0, 0.05) is 24.1 Å². The minimum atomic E-state index is -0.852. The van der Waals surface area contributed by atoms with Crippen LogP contribution in [-0.2, 0) is 28.8 Å². The standard InChI is InChI=1S/C16H26N2O3/c1-7-11-10(9-13(19)20)12(8-2)18-15(17-11)14(21-6)16(3,4)5/h14H,7-9H2,1-6H3,(H,19,20). The predicted octanol–water partition coefficient (Wildman–Crippen LogP) is 2.96. The van der Waals surface area contributed by atoms with Crippen LogP contribution in [0.2, 0.25) is 0 Å². The summed E-state index contributed by atoms with van der Waals surface area (Å²) in [4.78, 5) is 20.2. The van der Waals surface area contributed by atoms with Crippen molar-refractivity contribution < 1.29 is 14.6 Å². The highest BCUT2D eigenvalue weighted by molar-refractivity contribution is 5.71. The average molecular weight is 294 g/mol. The Morgan fingerprint density at radius 2 is 1.67 bits per heavy atom. The molecule has 0 bridgehead atoms. The lowest BCUT2D eigenvalue weighted by Gasteiger charge is -2.29. The lowest BCUT2D eigenvalue weighted by atomic mass is 9.88. The van der Waals surface area contributed by atoms with E-state index >= 15 is 0 Å². The zero-order valence-corrected chi connectivity index (χ0v) is 13.9. The molecule has 1 rings (SSSR count). The lowest BCUT2D eigenvalue weighted by molar-refractivity contribution is -0.136. The predicted molar refractivity (Wildman–Crippen MR) is 81.3 cm³/mol. The van der Waals surface area contributed by atoms with Crippen LogP contribution in [0.1, 0.15) is 63.5 Å². The molecular formula is C16H26N2O3. The van der Waals surface area contributed by atoms with Crippen LogP contribution >= 0.6 is 0 Å². The molecule has 0 aliphatic carbocycles. The number of nitrogens with zero attached hydrogens (tertiary/aromatic N) is 2. The van der Waals surface area contributed by atoms with E-state index in [0.717, 1.165) is 17.0 Å². The molecule has 118 valence electrons. The zero-order chi connectivity index (χ0) is 16.2. The van der Waals surface area contributed by atoms with Crippen LogP contribution in [0.3, 0.4) is 0 Å². The van der Waals surface area contributed by atoms with Crippen molar-refractivity contribution in [2.75, 3.05) is 7.11 Å². The molecule has 0 saturated carbocycles. The van der Waals surface area contributed by atoms with E-state index in [1.54, 1.807) is 7.11 Å². The maximum atomic E-state index is 11.1. The van der Waals surface area contributed by atoms with Gasteiger partial charge in [-0.2, -0.15) is 0 Å². The van der Waals surface area contributed by atoms with Gasteiger partial charge in [0.1, 0.15) is 6.10 Å². The number of carboxylic acid groups (broad SMARTS) is 1. The number of aryl methyl sites for hydroxylation is 2. The van der Waals surface area contributed by atoms with Crippen LogP contribution in [0.25, 0.3) is 0 Å². The van der Waals surface area contributed by atoms with Crippen LogP contribution < -0.4 is 0 Å². The third-order valence-corrected chi connectivity index (χ3v) is 3.45. The second-order valence-corrected chi connectivity index (χ2v) is 6.21. The van der Waals surface area contributed by atoms with Crippen molar-refractivity contribution in [1.82, 2.24) is 9.97 Å². The normalized spacial score (nSPS) is 13.2. The molecule has 1 heterocycles. The van der Waals surface area contributed by atoms with Gasteiger partial charge in [-0.25, -0.2) is 9.97 Å². The van der Waals surface area contributed by atoms with E-state index in [2.05, 4.69) is 30.7 Å². The number of carbonyl (C=O) groups is 1. The maximum absolute atomic E-state index is 11.1. The Balaban J connectivity index is 3.41. The second-order valence-electron chi connectivity index (χ2n) is 6.21. The number of aliphatic carboxylic acids is 1. The van der Waals surface area contributed by atoms with E-state index in [1.807, 2.05) is 13.8 Å². The summed E-state index contributed by atoms with van der Waals surface area (Å²) >= 11 is 0. The highest BCUT2D eigenvalue weighted by Gasteiger charge is 2.30. The summed E-state index contributed by atoms with van der Waals surface area (Å²) in [6, 6.07) is 0. The van der Waals surface area contributed by atoms with Gasteiger partial charge >= 0.3 is 5.97 Å². The van der Waals surface area contributed by atoms with Gasteiger partial charge in [-0.1, -0.05) is 34.6 Å². The molecule has 1 N–H and O–H groups in total. The first kappa shape index (κ1) is 17.6. The van der Waals surface area contributed by atoms with Crippen molar-refractivity contribution in [3.63, 3.8) is 0 Å². The third kappa shape index (κ3) is 4.24. The van der Waals surface area contributed by atoms with Gasteiger partial charge in [-0.05, 0) is 18.3 Å². The molecule has 1 aromatic heterocycles. The molecule has 0 fully saturated rings. The topological polar surface area (TPSA) is 72.3 Å². The Morgan fingerprint density at radius 1 is 1.19 bits per heavy atom. The van der Waals surface area contributed by atoms with E-state index in [-0.39, 0.29) is 17.9 Å². The number of carboxylic acids is 1. The summed E-state index contributed by atoms with van der Waals surface area (Å²) in [7, 11) is 1.65. The van der Waals surface area contributed by atoms with E-state index in [9.17, 15) is 4.79 Å². The monoisotopic (exact) mass is 294 g/mol. The van der Waals surface area contributed by atoms with Crippen molar-refractivity contribution in [2.45, 2.75) is 60.0 Å². The van der Waals surface area contributed by atoms with Gasteiger partial charge in [0.15, 0.2) is 5.82 Å². The first-order chi connectivity index (χ1) is 9.74. The zero-order valence-electron chi connectivity index (χ0n) is 13.9. The van der Waals surface area contributed by atoms with Gasteiger partial charge < -0.3 is 9.84 Å². The molecule has 1 aromatic rings. The smallest absolute Gasteiger partial charge is 0.307 e. The summed E-state index contributed by atoms with van der Waals surface area (Å²) in [5, 5.41) is 9.08. The Morgan fingerprint density at radius 3 is 1.95 bits per heavy atom. The van der Waals surface area contributed by atoms with E-state index in [4.69, 9.17) is 9.84 Å². The number of hydrogen-bond donors (Lipinski definition) is 1. The van der Waals surface area contributed by atoms with Gasteiger partial charge in [0.25, 0.3) is 0 Å². The van der Waals surface area contributed by atoms with Crippen LogP contribution in [-0.4, -0.2) is 28.2 Å². The molecule has 1 atom stereocenters. The maximum Gasteiger partial charge on any atom is 0.307 e. The fourth-order valence-electron chi connectivity index (χ4n) is 2.51. The number of hydrogen-bond acceptors (Lipinski definition) is 4. The average Bonchev–Trinajstić information content (AvgIpc) is 2.38. The minimum Gasteiger partial charge on any atom is -0.481 e. The molecule has 0 aliphatic rings. The summed E-state index contributed by atoms with van der Waals surface area (Å²) < 4.78 is 5.58. The van der Waals surface area contributed by atoms with E-state index < -0.39 is 5.97 Å². The number of methoxy groups -OCH3 is 1. The molecule has 1 unspecified atom stereocenters. The van der Waals surface area contributed by atoms with Crippen LogP contribution in [0.15, 0.2) is 0 Å². The largest absolute Gasteiger partial charge is 0.481 e. The summed E-state index contributed by atoms with van der Waals surface area (Å²) in [6.45, 7) is 10.2. The van der Waals surface area contributed by atoms with Gasteiger partial charge in [-0.3, -0.25) is 4.79 Å². The van der Waals surface area contributed by atoms with Crippen LogP contribution in [0.4, 0.5) is 0 Å². The molecular weight excluding hydrogens is 268 g/mol. The fraction of sp³-hybridized carbons (Fsp3) is 0.688. The Bertz CT molecular complexity index is 482. The molecule has 0 aromatic carbocycles. The van der Waals surface area contributed by atoms with Crippen molar-refractivity contribution in [3.05, 3.63) is 22.8 Å². The SMILES string of the molecule is CCc1nc(C(OC)C(C)(C)C)nc(CC)c1CC(=O)O. The van der Waals surface area contributed by atoms with Crippen molar-refractivity contribution in [1.29, 1.82) is 0 Å². The molecule has 5 nitrogen and oxygen atoms in total. The quantitative estimate of drug-likeness (QED) is 0.873.